The number of carboxylic acids is 1. The van der Waals surface area contributed by atoms with E-state index >= 15 is 0 Å². The topological polar surface area (TPSA) is 88.2 Å². The second-order valence-corrected chi connectivity index (χ2v) is 4.77. The largest absolute Gasteiger partial charge is 0.480 e. The average molecular weight is 275 g/mol. The van der Waals surface area contributed by atoms with Crippen LogP contribution in [0.5, 0.6) is 0 Å². The Hall–Kier alpha value is -2.21. The first-order valence-corrected chi connectivity index (χ1v) is 6.41. The van der Waals surface area contributed by atoms with Crippen LogP contribution in [0, 0.1) is 0 Å². The Morgan fingerprint density at radius 3 is 2.60 bits per heavy atom. The lowest BCUT2D eigenvalue weighted by molar-refractivity contribution is -0.139. The van der Waals surface area contributed by atoms with Gasteiger partial charge >= 0.3 is 5.97 Å². The van der Waals surface area contributed by atoms with Gasteiger partial charge in [-0.2, -0.15) is 4.98 Å². The fraction of sp³-hybridized carbons (Fsp3) is 0.357. The van der Waals surface area contributed by atoms with Crippen LogP contribution in [0.1, 0.15) is 43.1 Å². The van der Waals surface area contributed by atoms with Crippen molar-refractivity contribution < 1.29 is 14.4 Å². The maximum absolute atomic E-state index is 11.3. The van der Waals surface area contributed by atoms with Crippen LogP contribution in [0.25, 0.3) is 0 Å². The highest BCUT2D eigenvalue weighted by Crippen LogP contribution is 2.14. The Kier molecular flexibility index (Phi) is 4.47. The van der Waals surface area contributed by atoms with Crippen molar-refractivity contribution in [3.63, 3.8) is 0 Å². The summed E-state index contributed by atoms with van der Waals surface area (Å²) in [7, 11) is 0. The van der Waals surface area contributed by atoms with Crippen molar-refractivity contribution >= 4 is 5.97 Å². The second-order valence-electron chi connectivity index (χ2n) is 4.77. The SMILES string of the molecule is CC(C)c1nc(CNC(C(=O)O)c2ccccc2)no1. The maximum atomic E-state index is 11.3. The molecule has 0 amide bonds. The van der Waals surface area contributed by atoms with Gasteiger partial charge in [-0.3, -0.25) is 10.1 Å². The predicted octanol–water partition coefficient (Wildman–Crippen LogP) is 2.11. The number of benzene rings is 1. The van der Waals surface area contributed by atoms with Gasteiger partial charge in [0.1, 0.15) is 6.04 Å². The fourth-order valence-corrected chi connectivity index (χ4v) is 1.76. The van der Waals surface area contributed by atoms with E-state index in [1.54, 1.807) is 24.3 Å². The molecule has 6 nitrogen and oxygen atoms in total. The monoisotopic (exact) mass is 275 g/mol. The van der Waals surface area contributed by atoms with Crippen molar-refractivity contribution in [1.29, 1.82) is 0 Å². The van der Waals surface area contributed by atoms with Gasteiger partial charge in [0.25, 0.3) is 0 Å². The summed E-state index contributed by atoms with van der Waals surface area (Å²) in [5.41, 5.74) is 0.688. The van der Waals surface area contributed by atoms with E-state index in [-0.39, 0.29) is 12.5 Å². The van der Waals surface area contributed by atoms with Gasteiger partial charge in [-0.05, 0) is 5.56 Å². The molecule has 0 radical (unpaired) electrons. The van der Waals surface area contributed by atoms with Crippen molar-refractivity contribution in [1.82, 2.24) is 15.5 Å². The van der Waals surface area contributed by atoms with Gasteiger partial charge in [-0.1, -0.05) is 49.3 Å². The minimum atomic E-state index is -0.941. The molecule has 0 aliphatic heterocycles. The fourth-order valence-electron chi connectivity index (χ4n) is 1.76. The number of carbonyl (C=O) groups is 1. The van der Waals surface area contributed by atoms with Gasteiger partial charge in [0.2, 0.25) is 5.89 Å². The summed E-state index contributed by atoms with van der Waals surface area (Å²) in [5, 5.41) is 16.0. The number of aromatic nitrogens is 2. The molecular weight excluding hydrogens is 258 g/mol. The number of carboxylic acid groups (broad SMARTS) is 1. The van der Waals surface area contributed by atoms with Crippen LogP contribution < -0.4 is 5.32 Å². The molecule has 0 aliphatic carbocycles. The van der Waals surface area contributed by atoms with E-state index in [1.165, 1.54) is 0 Å². The molecule has 0 aliphatic rings. The normalized spacial score (nSPS) is 12.6. The van der Waals surface area contributed by atoms with E-state index in [0.29, 0.717) is 17.3 Å². The van der Waals surface area contributed by atoms with Crippen molar-refractivity contribution in [2.75, 3.05) is 0 Å². The van der Waals surface area contributed by atoms with Gasteiger partial charge < -0.3 is 9.63 Å². The number of aliphatic carboxylic acids is 1. The standard InChI is InChI=1S/C14H17N3O3/c1-9(2)13-16-11(17-20-13)8-15-12(14(18)19)10-6-4-3-5-7-10/h3-7,9,12,15H,8H2,1-2H3,(H,18,19). The Balaban J connectivity index is 2.04. The lowest BCUT2D eigenvalue weighted by Crippen LogP contribution is -2.28. The van der Waals surface area contributed by atoms with Crippen LogP contribution in [0.4, 0.5) is 0 Å². The van der Waals surface area contributed by atoms with Crippen molar-refractivity contribution in [3.05, 3.63) is 47.6 Å². The first kappa shape index (κ1) is 14.2. The Morgan fingerprint density at radius 2 is 2.05 bits per heavy atom. The molecule has 2 N–H and O–H groups in total. The van der Waals surface area contributed by atoms with Crippen LogP contribution in [0.3, 0.4) is 0 Å². The van der Waals surface area contributed by atoms with E-state index in [0.717, 1.165) is 0 Å². The maximum Gasteiger partial charge on any atom is 0.325 e. The zero-order valence-corrected chi connectivity index (χ0v) is 11.4. The summed E-state index contributed by atoms with van der Waals surface area (Å²) in [5.74, 6) is 0.216. The molecule has 1 aromatic heterocycles. The molecule has 1 atom stereocenters. The summed E-state index contributed by atoms with van der Waals surface area (Å²) in [4.78, 5) is 15.5. The highest BCUT2D eigenvalue weighted by Gasteiger charge is 2.20. The van der Waals surface area contributed by atoms with Crippen LogP contribution >= 0.6 is 0 Å². The minimum absolute atomic E-state index is 0.153. The molecule has 0 bridgehead atoms. The van der Waals surface area contributed by atoms with Crippen molar-refractivity contribution in [3.8, 4) is 0 Å². The van der Waals surface area contributed by atoms with Crippen LogP contribution in [-0.4, -0.2) is 21.2 Å². The Bertz CT molecular complexity index is 566. The number of nitrogens with one attached hydrogen (secondary N) is 1. The van der Waals surface area contributed by atoms with Crippen LogP contribution in [0.15, 0.2) is 34.9 Å². The minimum Gasteiger partial charge on any atom is -0.480 e. The summed E-state index contributed by atoms with van der Waals surface area (Å²) >= 11 is 0. The summed E-state index contributed by atoms with van der Waals surface area (Å²) in [6, 6.07) is 8.19. The summed E-state index contributed by atoms with van der Waals surface area (Å²) < 4.78 is 5.08. The van der Waals surface area contributed by atoms with Gasteiger partial charge in [-0.15, -0.1) is 0 Å². The highest BCUT2D eigenvalue weighted by molar-refractivity contribution is 5.75. The number of hydrogen-bond donors (Lipinski definition) is 2. The van der Waals surface area contributed by atoms with E-state index in [4.69, 9.17) is 4.52 Å². The van der Waals surface area contributed by atoms with Crippen molar-refractivity contribution in [2.24, 2.45) is 0 Å². The van der Waals surface area contributed by atoms with Gasteiger partial charge in [0.15, 0.2) is 5.82 Å². The quantitative estimate of drug-likeness (QED) is 0.839. The highest BCUT2D eigenvalue weighted by atomic mass is 16.5. The average Bonchev–Trinajstić information content (AvgIpc) is 2.89. The molecule has 0 fully saturated rings. The van der Waals surface area contributed by atoms with Gasteiger partial charge in [0, 0.05) is 5.92 Å². The lowest BCUT2D eigenvalue weighted by Gasteiger charge is -2.13. The Morgan fingerprint density at radius 1 is 1.35 bits per heavy atom. The first-order chi connectivity index (χ1) is 9.58. The van der Waals surface area contributed by atoms with Crippen LogP contribution in [-0.2, 0) is 11.3 Å². The van der Waals surface area contributed by atoms with E-state index in [9.17, 15) is 9.90 Å². The first-order valence-electron chi connectivity index (χ1n) is 6.41. The Labute approximate surface area is 116 Å². The third-order valence-corrected chi connectivity index (χ3v) is 2.82. The molecule has 1 heterocycles. The predicted molar refractivity (Wildman–Crippen MR) is 72.0 cm³/mol. The molecule has 2 rings (SSSR count). The molecule has 0 saturated carbocycles. The van der Waals surface area contributed by atoms with E-state index < -0.39 is 12.0 Å². The number of hydrogen-bond acceptors (Lipinski definition) is 5. The number of rotatable bonds is 6. The second kappa shape index (κ2) is 6.29. The smallest absolute Gasteiger partial charge is 0.325 e. The molecule has 0 spiro atoms. The molecule has 1 aromatic carbocycles. The zero-order valence-electron chi connectivity index (χ0n) is 11.4. The summed E-state index contributed by atoms with van der Waals surface area (Å²) in [6.45, 7) is 4.14. The third-order valence-electron chi connectivity index (χ3n) is 2.82. The molecule has 6 heteroatoms. The van der Waals surface area contributed by atoms with Crippen molar-refractivity contribution in [2.45, 2.75) is 32.4 Å². The van der Waals surface area contributed by atoms with Gasteiger partial charge in [-0.25, -0.2) is 0 Å². The molecule has 106 valence electrons. The van der Waals surface area contributed by atoms with E-state index in [2.05, 4.69) is 15.5 Å². The third kappa shape index (κ3) is 3.42. The number of nitrogens with zero attached hydrogens (tertiary/aromatic N) is 2. The van der Waals surface area contributed by atoms with E-state index in [1.807, 2.05) is 19.9 Å². The summed E-state index contributed by atoms with van der Waals surface area (Å²) in [6.07, 6.45) is 0. The van der Waals surface area contributed by atoms with Gasteiger partial charge in [0.05, 0.1) is 6.54 Å². The molecule has 0 saturated heterocycles. The van der Waals surface area contributed by atoms with Crippen LogP contribution in [0.2, 0.25) is 0 Å². The zero-order chi connectivity index (χ0) is 14.5. The molecule has 1 unspecified atom stereocenters. The molecular formula is C14H17N3O3. The molecule has 20 heavy (non-hydrogen) atoms. The lowest BCUT2D eigenvalue weighted by atomic mass is 10.1. The molecule has 2 aromatic rings.